The fraction of sp³-hybridized carbons (Fsp3) is 0.133. The Balaban J connectivity index is 1.97. The number of anilines is 1. The van der Waals surface area contributed by atoms with E-state index in [0.29, 0.717) is 11.3 Å². The van der Waals surface area contributed by atoms with Gasteiger partial charge in [0.2, 0.25) is 0 Å². The quantitative estimate of drug-likeness (QED) is 0.755. The molecule has 0 radical (unpaired) electrons. The number of aliphatic hydroxyl groups is 1. The summed E-state index contributed by atoms with van der Waals surface area (Å²) in [7, 11) is 0. The van der Waals surface area contributed by atoms with Crippen molar-refractivity contribution in [2.24, 2.45) is 0 Å². The van der Waals surface area contributed by atoms with E-state index in [-0.39, 0.29) is 12.1 Å². The van der Waals surface area contributed by atoms with Crippen LogP contribution in [-0.4, -0.2) is 17.6 Å². The van der Waals surface area contributed by atoms with Gasteiger partial charge >= 0.3 is 0 Å². The molecule has 2 aromatic rings. The molecule has 0 heterocycles. The molecular formula is C15H14F2N2O2. The fourth-order valence-corrected chi connectivity index (χ4v) is 1.76. The summed E-state index contributed by atoms with van der Waals surface area (Å²) in [4.78, 5) is 11.8. The van der Waals surface area contributed by atoms with E-state index in [1.165, 1.54) is 6.07 Å². The zero-order valence-corrected chi connectivity index (χ0v) is 11.0. The Kier molecular flexibility index (Phi) is 4.49. The second-order valence-corrected chi connectivity index (χ2v) is 4.52. The van der Waals surface area contributed by atoms with Gasteiger partial charge in [0.15, 0.2) is 11.6 Å². The summed E-state index contributed by atoms with van der Waals surface area (Å²) < 4.78 is 25.8. The molecule has 0 spiro atoms. The van der Waals surface area contributed by atoms with E-state index in [1.54, 1.807) is 24.3 Å². The first-order valence-electron chi connectivity index (χ1n) is 6.24. The van der Waals surface area contributed by atoms with Gasteiger partial charge in [0.1, 0.15) is 0 Å². The minimum atomic E-state index is -1.10. The molecule has 2 rings (SSSR count). The second kappa shape index (κ2) is 6.32. The predicted molar refractivity (Wildman–Crippen MR) is 74.5 cm³/mol. The van der Waals surface area contributed by atoms with Crippen LogP contribution in [0.3, 0.4) is 0 Å². The summed E-state index contributed by atoms with van der Waals surface area (Å²) >= 11 is 0. The van der Waals surface area contributed by atoms with E-state index in [4.69, 9.17) is 5.73 Å². The van der Waals surface area contributed by atoms with Crippen molar-refractivity contribution >= 4 is 11.6 Å². The summed E-state index contributed by atoms with van der Waals surface area (Å²) in [6.45, 7) is -0.0538. The van der Waals surface area contributed by atoms with Crippen LogP contribution >= 0.6 is 0 Å². The van der Waals surface area contributed by atoms with Crippen LogP contribution in [0.25, 0.3) is 0 Å². The Morgan fingerprint density at radius 3 is 2.43 bits per heavy atom. The number of carbonyl (C=O) groups is 1. The molecule has 2 aromatic carbocycles. The summed E-state index contributed by atoms with van der Waals surface area (Å²) in [5.74, 6) is -2.71. The molecule has 1 amide bonds. The predicted octanol–water partition coefficient (Wildman–Crippen LogP) is 2.01. The van der Waals surface area contributed by atoms with E-state index in [0.717, 1.165) is 12.1 Å². The van der Waals surface area contributed by atoms with Crippen molar-refractivity contribution in [2.75, 3.05) is 12.3 Å². The standard InChI is InChI=1S/C15H14F2N2O2/c16-12-6-3-10(7-13(12)17)15(21)19-8-14(20)9-1-4-11(18)5-2-9/h1-7,14,20H,8,18H2,(H,19,21). The number of halogens is 2. The van der Waals surface area contributed by atoms with Crippen LogP contribution in [-0.2, 0) is 0 Å². The highest BCUT2D eigenvalue weighted by Gasteiger charge is 2.12. The number of nitrogen functional groups attached to an aromatic ring is 1. The van der Waals surface area contributed by atoms with E-state index < -0.39 is 23.6 Å². The molecule has 0 aromatic heterocycles. The van der Waals surface area contributed by atoms with Gasteiger partial charge in [-0.15, -0.1) is 0 Å². The summed E-state index contributed by atoms with van der Waals surface area (Å²) in [6, 6.07) is 9.41. The number of benzene rings is 2. The number of amides is 1. The Morgan fingerprint density at radius 1 is 1.14 bits per heavy atom. The number of carbonyl (C=O) groups excluding carboxylic acids is 1. The van der Waals surface area contributed by atoms with Crippen LogP contribution in [0.4, 0.5) is 14.5 Å². The van der Waals surface area contributed by atoms with Gasteiger partial charge in [0.25, 0.3) is 5.91 Å². The van der Waals surface area contributed by atoms with Gasteiger partial charge in [-0.1, -0.05) is 12.1 Å². The molecule has 0 fully saturated rings. The minimum absolute atomic E-state index is 0.0154. The smallest absolute Gasteiger partial charge is 0.251 e. The Bertz CT molecular complexity index is 645. The van der Waals surface area contributed by atoms with Gasteiger partial charge in [0, 0.05) is 17.8 Å². The molecule has 0 saturated heterocycles. The van der Waals surface area contributed by atoms with E-state index in [1.807, 2.05) is 0 Å². The first-order chi connectivity index (χ1) is 9.97. The van der Waals surface area contributed by atoms with Crippen LogP contribution < -0.4 is 11.1 Å². The first kappa shape index (κ1) is 14.9. The third-order valence-electron chi connectivity index (χ3n) is 2.96. The number of nitrogens with one attached hydrogen (secondary N) is 1. The van der Waals surface area contributed by atoms with Crippen LogP contribution in [0.2, 0.25) is 0 Å². The van der Waals surface area contributed by atoms with Crippen LogP contribution in [0.5, 0.6) is 0 Å². The summed E-state index contributed by atoms with van der Waals surface area (Å²) in [5.41, 5.74) is 6.68. The highest BCUT2D eigenvalue weighted by atomic mass is 19.2. The highest BCUT2D eigenvalue weighted by Crippen LogP contribution is 2.14. The first-order valence-corrected chi connectivity index (χ1v) is 6.24. The van der Waals surface area contributed by atoms with Gasteiger partial charge in [-0.2, -0.15) is 0 Å². The Morgan fingerprint density at radius 2 is 1.81 bits per heavy atom. The van der Waals surface area contributed by atoms with Crippen LogP contribution in [0, 0.1) is 11.6 Å². The zero-order chi connectivity index (χ0) is 15.4. The largest absolute Gasteiger partial charge is 0.399 e. The number of hydrogen-bond donors (Lipinski definition) is 3. The Hall–Kier alpha value is -2.47. The van der Waals surface area contributed by atoms with Gasteiger partial charge in [-0.3, -0.25) is 4.79 Å². The third kappa shape index (κ3) is 3.76. The van der Waals surface area contributed by atoms with Crippen molar-refractivity contribution in [3.8, 4) is 0 Å². The second-order valence-electron chi connectivity index (χ2n) is 4.52. The molecular weight excluding hydrogens is 278 g/mol. The molecule has 0 saturated carbocycles. The van der Waals surface area contributed by atoms with Crippen molar-refractivity contribution in [3.63, 3.8) is 0 Å². The zero-order valence-electron chi connectivity index (χ0n) is 11.0. The highest BCUT2D eigenvalue weighted by molar-refractivity contribution is 5.94. The molecule has 1 atom stereocenters. The SMILES string of the molecule is Nc1ccc(C(O)CNC(=O)c2ccc(F)c(F)c2)cc1. The lowest BCUT2D eigenvalue weighted by molar-refractivity contribution is 0.0916. The average Bonchev–Trinajstić information content (AvgIpc) is 2.48. The number of nitrogens with two attached hydrogens (primary N) is 1. The molecule has 0 aliphatic carbocycles. The average molecular weight is 292 g/mol. The number of hydrogen-bond acceptors (Lipinski definition) is 3. The molecule has 0 bridgehead atoms. The third-order valence-corrected chi connectivity index (χ3v) is 2.96. The van der Waals surface area contributed by atoms with Crippen LogP contribution in [0.1, 0.15) is 22.0 Å². The number of rotatable bonds is 4. The Labute approximate surface area is 120 Å². The van der Waals surface area contributed by atoms with Crippen LogP contribution in [0.15, 0.2) is 42.5 Å². The molecule has 0 aliphatic rings. The lowest BCUT2D eigenvalue weighted by Gasteiger charge is -2.12. The molecule has 21 heavy (non-hydrogen) atoms. The molecule has 4 N–H and O–H groups in total. The maximum absolute atomic E-state index is 13.0. The normalized spacial score (nSPS) is 12.0. The fourth-order valence-electron chi connectivity index (χ4n) is 1.76. The van der Waals surface area contributed by atoms with Gasteiger partial charge in [0.05, 0.1) is 6.10 Å². The van der Waals surface area contributed by atoms with E-state index in [2.05, 4.69) is 5.32 Å². The van der Waals surface area contributed by atoms with Gasteiger partial charge < -0.3 is 16.2 Å². The monoisotopic (exact) mass is 292 g/mol. The van der Waals surface area contributed by atoms with Crippen molar-refractivity contribution < 1.29 is 18.7 Å². The summed E-state index contributed by atoms with van der Waals surface area (Å²) in [6.07, 6.45) is -0.917. The molecule has 0 aliphatic heterocycles. The van der Waals surface area contributed by atoms with Gasteiger partial charge in [-0.25, -0.2) is 8.78 Å². The van der Waals surface area contributed by atoms with Crippen molar-refractivity contribution in [3.05, 3.63) is 65.2 Å². The van der Waals surface area contributed by atoms with E-state index in [9.17, 15) is 18.7 Å². The summed E-state index contributed by atoms with van der Waals surface area (Å²) in [5, 5.41) is 12.4. The van der Waals surface area contributed by atoms with Crippen molar-refractivity contribution in [1.82, 2.24) is 5.32 Å². The lowest BCUT2D eigenvalue weighted by atomic mass is 10.1. The molecule has 4 nitrogen and oxygen atoms in total. The maximum Gasteiger partial charge on any atom is 0.251 e. The molecule has 6 heteroatoms. The number of aliphatic hydroxyl groups excluding tert-OH is 1. The molecule has 110 valence electrons. The van der Waals surface area contributed by atoms with Crippen molar-refractivity contribution in [1.29, 1.82) is 0 Å². The van der Waals surface area contributed by atoms with Gasteiger partial charge in [-0.05, 0) is 35.9 Å². The lowest BCUT2D eigenvalue weighted by Crippen LogP contribution is -2.28. The maximum atomic E-state index is 13.0. The topological polar surface area (TPSA) is 75.3 Å². The minimum Gasteiger partial charge on any atom is -0.399 e. The van der Waals surface area contributed by atoms with E-state index >= 15 is 0 Å². The van der Waals surface area contributed by atoms with Crippen molar-refractivity contribution in [2.45, 2.75) is 6.10 Å². The molecule has 1 unspecified atom stereocenters.